The number of amides is 2. The number of pyridine rings is 1. The normalized spacial score (nSPS) is 10.3. The summed E-state index contributed by atoms with van der Waals surface area (Å²) >= 11 is 0. The Morgan fingerprint density at radius 3 is 2.78 bits per heavy atom. The van der Waals surface area contributed by atoms with Gasteiger partial charge in [-0.15, -0.1) is 0 Å². The Hall–Kier alpha value is -3.15. The second-order valence-electron chi connectivity index (χ2n) is 5.03. The van der Waals surface area contributed by atoms with Gasteiger partial charge in [0.1, 0.15) is 11.5 Å². The Bertz CT molecular complexity index is 799. The molecule has 1 aromatic carbocycles. The molecule has 23 heavy (non-hydrogen) atoms. The van der Waals surface area contributed by atoms with Crippen molar-refractivity contribution in [3.05, 3.63) is 66.0 Å². The molecule has 0 bridgehead atoms. The first-order chi connectivity index (χ1) is 11.2. The Labute approximate surface area is 133 Å². The lowest BCUT2D eigenvalue weighted by Gasteiger charge is -2.07. The van der Waals surface area contributed by atoms with Crippen LogP contribution in [0.1, 0.15) is 11.3 Å². The molecule has 0 aliphatic rings. The van der Waals surface area contributed by atoms with Gasteiger partial charge in [0.05, 0.1) is 6.54 Å². The summed E-state index contributed by atoms with van der Waals surface area (Å²) in [6.45, 7) is 2.15. The van der Waals surface area contributed by atoms with E-state index in [2.05, 4.69) is 20.8 Å². The highest BCUT2D eigenvalue weighted by Crippen LogP contribution is 2.19. The molecule has 6 heteroatoms. The monoisotopic (exact) mass is 308 g/mol. The van der Waals surface area contributed by atoms with E-state index in [1.54, 1.807) is 6.20 Å². The van der Waals surface area contributed by atoms with Crippen molar-refractivity contribution in [3.63, 3.8) is 0 Å². The molecule has 116 valence electrons. The fraction of sp³-hybridized carbons (Fsp3) is 0.118. The van der Waals surface area contributed by atoms with Crippen molar-refractivity contribution in [2.45, 2.75) is 13.5 Å². The lowest BCUT2D eigenvalue weighted by atomic mass is 10.2. The predicted octanol–water partition coefficient (Wildman–Crippen LogP) is 3.37. The quantitative estimate of drug-likeness (QED) is 0.774. The number of hydrogen-bond donors (Lipinski definition) is 2. The zero-order valence-corrected chi connectivity index (χ0v) is 12.6. The second kappa shape index (κ2) is 6.74. The van der Waals surface area contributed by atoms with Gasteiger partial charge in [-0.05, 0) is 18.6 Å². The summed E-state index contributed by atoms with van der Waals surface area (Å²) in [5.41, 5.74) is 2.49. The summed E-state index contributed by atoms with van der Waals surface area (Å²) in [6.07, 6.45) is 1.63. The van der Waals surface area contributed by atoms with Crippen molar-refractivity contribution in [2.24, 2.45) is 0 Å². The van der Waals surface area contributed by atoms with Crippen LogP contribution in [-0.4, -0.2) is 16.2 Å². The van der Waals surface area contributed by atoms with Gasteiger partial charge in [-0.1, -0.05) is 41.6 Å². The highest BCUT2D eigenvalue weighted by Gasteiger charge is 2.09. The third-order valence-electron chi connectivity index (χ3n) is 3.29. The number of carbonyl (C=O) groups is 1. The Kier molecular flexibility index (Phi) is 4.33. The van der Waals surface area contributed by atoms with Crippen molar-refractivity contribution >= 4 is 11.8 Å². The maximum absolute atomic E-state index is 11.9. The highest BCUT2D eigenvalue weighted by atomic mass is 16.5. The molecule has 2 amide bonds. The molecule has 2 N–H and O–H groups in total. The van der Waals surface area contributed by atoms with Gasteiger partial charge < -0.3 is 9.84 Å². The number of carbonyl (C=O) groups excluding carboxylic acids is 1. The van der Waals surface area contributed by atoms with Gasteiger partial charge >= 0.3 is 6.03 Å². The van der Waals surface area contributed by atoms with Gasteiger partial charge in [0.2, 0.25) is 0 Å². The maximum atomic E-state index is 11.9. The van der Waals surface area contributed by atoms with Crippen LogP contribution in [0.2, 0.25) is 0 Å². The summed E-state index contributed by atoms with van der Waals surface area (Å²) in [7, 11) is 0. The van der Waals surface area contributed by atoms with Crippen LogP contribution < -0.4 is 10.6 Å². The van der Waals surface area contributed by atoms with Gasteiger partial charge in [0.15, 0.2) is 5.76 Å². The highest BCUT2D eigenvalue weighted by molar-refractivity contribution is 5.88. The lowest BCUT2D eigenvalue weighted by molar-refractivity contribution is 0.251. The molecule has 0 saturated heterocycles. The first-order valence-electron chi connectivity index (χ1n) is 7.20. The fourth-order valence-electron chi connectivity index (χ4n) is 2.07. The van der Waals surface area contributed by atoms with Gasteiger partial charge in [-0.25, -0.2) is 9.78 Å². The fourth-order valence-corrected chi connectivity index (χ4v) is 2.07. The zero-order valence-electron chi connectivity index (χ0n) is 12.6. The minimum Gasteiger partial charge on any atom is -0.356 e. The number of urea groups is 1. The first-order valence-corrected chi connectivity index (χ1v) is 7.20. The minimum atomic E-state index is -0.337. The molecular formula is C17H16N4O2. The molecule has 3 rings (SSSR count). The third kappa shape index (κ3) is 3.74. The summed E-state index contributed by atoms with van der Waals surface area (Å²) in [5.74, 6) is 1.21. The van der Waals surface area contributed by atoms with Crippen LogP contribution in [0, 0.1) is 6.92 Å². The van der Waals surface area contributed by atoms with E-state index < -0.39 is 0 Å². The Morgan fingerprint density at radius 1 is 1.17 bits per heavy atom. The molecule has 0 unspecified atom stereocenters. The van der Waals surface area contributed by atoms with Gasteiger partial charge in [-0.2, -0.15) is 0 Å². The van der Waals surface area contributed by atoms with Gasteiger partial charge in [0, 0.05) is 17.8 Å². The molecular weight excluding hydrogens is 292 g/mol. The van der Waals surface area contributed by atoms with E-state index in [1.165, 1.54) is 0 Å². The average Bonchev–Trinajstić information content (AvgIpc) is 3.05. The average molecular weight is 308 g/mol. The summed E-state index contributed by atoms with van der Waals surface area (Å²) in [4.78, 5) is 16.0. The number of aromatic nitrogens is 2. The van der Waals surface area contributed by atoms with Crippen LogP contribution in [0.15, 0.2) is 59.3 Å². The van der Waals surface area contributed by atoms with Crippen molar-refractivity contribution in [1.82, 2.24) is 15.5 Å². The smallest absolute Gasteiger partial charge is 0.320 e. The zero-order chi connectivity index (χ0) is 16.1. The number of hydrogen-bond acceptors (Lipinski definition) is 4. The second-order valence-corrected chi connectivity index (χ2v) is 5.03. The van der Waals surface area contributed by atoms with Crippen LogP contribution in [0.25, 0.3) is 11.3 Å². The molecule has 0 saturated carbocycles. The first kappa shape index (κ1) is 14.8. The molecule has 6 nitrogen and oxygen atoms in total. The van der Waals surface area contributed by atoms with E-state index in [9.17, 15) is 4.79 Å². The number of benzene rings is 1. The van der Waals surface area contributed by atoms with E-state index in [0.29, 0.717) is 17.3 Å². The number of nitrogens with one attached hydrogen (secondary N) is 2. The van der Waals surface area contributed by atoms with Gasteiger partial charge in [0.25, 0.3) is 0 Å². The lowest BCUT2D eigenvalue weighted by Crippen LogP contribution is -2.29. The molecule has 2 heterocycles. The van der Waals surface area contributed by atoms with E-state index in [-0.39, 0.29) is 12.6 Å². The summed E-state index contributed by atoms with van der Waals surface area (Å²) in [6, 6.07) is 14.8. The van der Waals surface area contributed by atoms with Crippen molar-refractivity contribution in [3.8, 4) is 11.3 Å². The molecule has 0 atom stereocenters. The SMILES string of the molecule is Cc1cccnc1NC(=O)NCc1cc(-c2ccccc2)on1. The standard InChI is InChI=1S/C17H16N4O2/c1-12-6-5-9-18-16(12)20-17(22)19-11-14-10-15(23-21-14)13-7-3-2-4-8-13/h2-10H,11H2,1H3,(H2,18,19,20,22). The van der Waals surface area contributed by atoms with Crippen molar-refractivity contribution in [1.29, 1.82) is 0 Å². The van der Waals surface area contributed by atoms with Crippen LogP contribution in [0.3, 0.4) is 0 Å². The largest absolute Gasteiger partial charge is 0.356 e. The molecule has 0 spiro atoms. The Balaban J connectivity index is 1.58. The Morgan fingerprint density at radius 2 is 2.00 bits per heavy atom. The summed E-state index contributed by atoms with van der Waals surface area (Å²) in [5, 5.41) is 9.38. The summed E-state index contributed by atoms with van der Waals surface area (Å²) < 4.78 is 5.29. The predicted molar refractivity (Wildman–Crippen MR) is 86.8 cm³/mol. The van der Waals surface area contributed by atoms with E-state index >= 15 is 0 Å². The van der Waals surface area contributed by atoms with Crippen LogP contribution in [0.5, 0.6) is 0 Å². The van der Waals surface area contributed by atoms with Crippen LogP contribution >= 0.6 is 0 Å². The molecule has 0 radical (unpaired) electrons. The molecule has 3 aromatic rings. The van der Waals surface area contributed by atoms with E-state index in [0.717, 1.165) is 11.1 Å². The molecule has 0 aliphatic heterocycles. The minimum absolute atomic E-state index is 0.272. The molecule has 2 aromatic heterocycles. The maximum Gasteiger partial charge on any atom is 0.320 e. The number of nitrogens with zero attached hydrogens (tertiary/aromatic N) is 2. The van der Waals surface area contributed by atoms with E-state index in [1.807, 2.05) is 55.5 Å². The topological polar surface area (TPSA) is 80.0 Å². The molecule has 0 aliphatic carbocycles. The molecule has 0 fully saturated rings. The van der Waals surface area contributed by atoms with Crippen LogP contribution in [0.4, 0.5) is 10.6 Å². The number of rotatable bonds is 4. The number of aryl methyl sites for hydroxylation is 1. The number of anilines is 1. The van der Waals surface area contributed by atoms with Crippen LogP contribution in [-0.2, 0) is 6.54 Å². The third-order valence-corrected chi connectivity index (χ3v) is 3.29. The van der Waals surface area contributed by atoms with Gasteiger partial charge in [-0.3, -0.25) is 5.32 Å². The van der Waals surface area contributed by atoms with Crippen molar-refractivity contribution < 1.29 is 9.32 Å². The van der Waals surface area contributed by atoms with Crippen molar-refractivity contribution in [2.75, 3.05) is 5.32 Å². The van der Waals surface area contributed by atoms with E-state index in [4.69, 9.17) is 4.52 Å².